The van der Waals surface area contributed by atoms with Gasteiger partial charge < -0.3 is 4.90 Å². The average Bonchev–Trinajstić information content (AvgIpc) is 3.06. The predicted molar refractivity (Wildman–Crippen MR) is 171 cm³/mol. The summed E-state index contributed by atoms with van der Waals surface area (Å²) in [7, 11) is 1.91. The van der Waals surface area contributed by atoms with Gasteiger partial charge in [0.05, 0.1) is 4.92 Å². The van der Waals surface area contributed by atoms with Crippen molar-refractivity contribution >= 4 is 34.1 Å². The van der Waals surface area contributed by atoms with Crippen LogP contribution in [0.5, 0.6) is 0 Å². The number of anilines is 2. The maximum Gasteiger partial charge on any atom is 0.271 e. The number of non-ortho nitro benzene ring substituents is 1. The summed E-state index contributed by atoms with van der Waals surface area (Å²) in [6.07, 6.45) is 0. The third-order valence-corrected chi connectivity index (χ3v) is 7.51. The van der Waals surface area contributed by atoms with Crippen LogP contribution in [0.3, 0.4) is 0 Å². The van der Waals surface area contributed by atoms with Crippen LogP contribution in [0.1, 0.15) is 0 Å². The van der Waals surface area contributed by atoms with E-state index >= 15 is 0 Å². The van der Waals surface area contributed by atoms with Crippen molar-refractivity contribution in [2.24, 2.45) is 0 Å². The summed E-state index contributed by atoms with van der Waals surface area (Å²) in [6.45, 7) is 0. The van der Waals surface area contributed by atoms with E-state index in [0.29, 0.717) is 0 Å². The number of nitrogens with zero attached hydrogens (tertiary/aromatic N) is 2. The van der Waals surface area contributed by atoms with Crippen molar-refractivity contribution in [3.05, 3.63) is 168 Å². The molecular weight excluding hydrogens is 518 g/mol. The van der Waals surface area contributed by atoms with E-state index in [4.69, 9.17) is 0 Å². The van der Waals surface area contributed by atoms with Crippen molar-refractivity contribution < 1.29 is 9.82 Å². The SMILES string of the molecule is CN(c1ccc(-c2ccc([NH+](c3ccccc3)c3cccc(-c4ccccc4)c3)cc2)cc1)c1cccc([N+](=O)[O-])c1. The number of hydrogen-bond acceptors (Lipinski definition) is 3. The Bertz CT molecular complexity index is 1800. The molecule has 0 spiro atoms. The predicted octanol–water partition coefficient (Wildman–Crippen LogP) is 8.88. The molecule has 0 heterocycles. The minimum Gasteiger partial charge on any atom is -0.344 e. The van der Waals surface area contributed by atoms with Gasteiger partial charge in [0.25, 0.3) is 5.69 Å². The first kappa shape index (κ1) is 26.7. The molecule has 0 aliphatic rings. The van der Waals surface area contributed by atoms with Crippen molar-refractivity contribution in [1.82, 2.24) is 0 Å². The van der Waals surface area contributed by atoms with Crippen molar-refractivity contribution in [2.75, 3.05) is 11.9 Å². The van der Waals surface area contributed by atoms with Crippen LogP contribution in [0.4, 0.5) is 34.1 Å². The quantitative estimate of drug-likeness (QED) is 0.153. The van der Waals surface area contributed by atoms with E-state index in [9.17, 15) is 10.1 Å². The molecule has 6 rings (SSSR count). The van der Waals surface area contributed by atoms with E-state index < -0.39 is 0 Å². The Morgan fingerprint density at radius 3 is 1.69 bits per heavy atom. The molecule has 0 amide bonds. The molecule has 6 aromatic carbocycles. The topological polar surface area (TPSA) is 50.8 Å². The minimum absolute atomic E-state index is 0.0783. The van der Waals surface area contributed by atoms with Crippen LogP contribution < -0.4 is 9.80 Å². The zero-order valence-electron chi connectivity index (χ0n) is 23.2. The molecule has 0 saturated heterocycles. The summed E-state index contributed by atoms with van der Waals surface area (Å²) < 4.78 is 0. The van der Waals surface area contributed by atoms with Crippen molar-refractivity contribution in [3.8, 4) is 22.3 Å². The number of nitrogens with one attached hydrogen (secondary N) is 1. The highest BCUT2D eigenvalue weighted by molar-refractivity contribution is 5.71. The van der Waals surface area contributed by atoms with Crippen LogP contribution in [0, 0.1) is 10.1 Å². The van der Waals surface area contributed by atoms with Crippen LogP contribution in [-0.4, -0.2) is 12.0 Å². The highest BCUT2D eigenvalue weighted by Crippen LogP contribution is 2.30. The zero-order valence-corrected chi connectivity index (χ0v) is 23.2. The first-order valence-electron chi connectivity index (χ1n) is 13.8. The summed E-state index contributed by atoms with van der Waals surface area (Å²) >= 11 is 0. The molecule has 0 aromatic heterocycles. The van der Waals surface area contributed by atoms with Gasteiger partial charge in [-0.05, 0) is 70.8 Å². The molecule has 5 heteroatoms. The Balaban J connectivity index is 1.28. The van der Waals surface area contributed by atoms with Gasteiger partial charge in [-0.15, -0.1) is 0 Å². The van der Waals surface area contributed by atoms with Gasteiger partial charge in [-0.25, -0.2) is 4.90 Å². The lowest BCUT2D eigenvalue weighted by molar-refractivity contribution is -0.681. The molecular formula is C37H30N3O2+. The smallest absolute Gasteiger partial charge is 0.271 e. The highest BCUT2D eigenvalue weighted by Gasteiger charge is 2.20. The van der Waals surface area contributed by atoms with Crippen LogP contribution in [0.15, 0.2) is 158 Å². The number of nitro groups is 1. The summed E-state index contributed by atoms with van der Waals surface area (Å²) in [6, 6.07) is 53.4. The lowest BCUT2D eigenvalue weighted by Gasteiger charge is -2.20. The number of nitro benzene ring substituents is 1. The number of rotatable bonds is 8. The standard InChI is InChI=1S/C37H29N3O2/c1-38(35-15-9-17-37(27-35)40(41)42)32-22-18-29(19-23-32)30-20-24-34(25-21-30)39(33-13-6-3-7-14-33)36-16-8-12-31(26-36)28-10-4-2-5-11-28/h2-27H,1H3/p+1. The first-order valence-corrected chi connectivity index (χ1v) is 13.8. The summed E-state index contributed by atoms with van der Waals surface area (Å²) in [4.78, 5) is 14.0. The largest absolute Gasteiger partial charge is 0.344 e. The van der Waals surface area contributed by atoms with E-state index in [-0.39, 0.29) is 10.6 Å². The second kappa shape index (κ2) is 11.9. The molecule has 42 heavy (non-hydrogen) atoms. The van der Waals surface area contributed by atoms with Gasteiger partial charge in [-0.3, -0.25) is 10.1 Å². The molecule has 5 nitrogen and oxygen atoms in total. The number of benzene rings is 6. The molecule has 1 unspecified atom stereocenters. The maximum atomic E-state index is 11.2. The number of quaternary nitrogens is 1. The third-order valence-electron chi connectivity index (χ3n) is 7.51. The molecule has 1 N–H and O–H groups in total. The van der Waals surface area contributed by atoms with E-state index in [1.54, 1.807) is 12.1 Å². The van der Waals surface area contributed by atoms with Crippen LogP contribution in [0.25, 0.3) is 22.3 Å². The number of hydrogen-bond donors (Lipinski definition) is 1. The van der Waals surface area contributed by atoms with Crippen molar-refractivity contribution in [1.29, 1.82) is 0 Å². The molecule has 0 aliphatic heterocycles. The molecule has 0 fully saturated rings. The fourth-order valence-electron chi connectivity index (χ4n) is 5.26. The van der Waals surface area contributed by atoms with Crippen molar-refractivity contribution in [2.45, 2.75) is 0 Å². The Morgan fingerprint density at radius 1 is 0.500 bits per heavy atom. The molecule has 204 valence electrons. The monoisotopic (exact) mass is 548 g/mol. The second-order valence-corrected chi connectivity index (χ2v) is 10.1. The van der Waals surface area contributed by atoms with E-state index in [0.717, 1.165) is 28.2 Å². The van der Waals surface area contributed by atoms with E-state index in [1.165, 1.54) is 33.5 Å². The fraction of sp³-hybridized carbons (Fsp3) is 0.0270. The summed E-state index contributed by atoms with van der Waals surface area (Å²) in [5.74, 6) is 0. The van der Waals surface area contributed by atoms with Gasteiger partial charge in [0.2, 0.25) is 0 Å². The second-order valence-electron chi connectivity index (χ2n) is 10.1. The van der Waals surface area contributed by atoms with Gasteiger partial charge in [0.15, 0.2) is 0 Å². The van der Waals surface area contributed by atoms with Crippen LogP contribution >= 0.6 is 0 Å². The van der Waals surface area contributed by atoms with Crippen LogP contribution in [-0.2, 0) is 0 Å². The molecule has 0 bridgehead atoms. The normalized spacial score (nSPS) is 11.5. The van der Waals surface area contributed by atoms with Gasteiger partial charge in [0, 0.05) is 48.8 Å². The lowest BCUT2D eigenvalue weighted by atomic mass is 10.0. The first-order chi connectivity index (χ1) is 20.6. The molecule has 0 saturated carbocycles. The lowest BCUT2D eigenvalue weighted by Crippen LogP contribution is -2.96. The van der Waals surface area contributed by atoms with Crippen molar-refractivity contribution in [3.63, 3.8) is 0 Å². The molecule has 0 radical (unpaired) electrons. The maximum absolute atomic E-state index is 11.2. The van der Waals surface area contributed by atoms with Gasteiger partial charge in [-0.1, -0.05) is 78.9 Å². The van der Waals surface area contributed by atoms with Gasteiger partial charge >= 0.3 is 0 Å². The molecule has 1 atom stereocenters. The Kier molecular flexibility index (Phi) is 7.58. The minimum atomic E-state index is -0.370. The van der Waals surface area contributed by atoms with Gasteiger partial charge in [0.1, 0.15) is 17.1 Å². The Hall–Kier alpha value is -5.52. The summed E-state index contributed by atoms with van der Waals surface area (Å²) in [5, 5.41) is 11.2. The highest BCUT2D eigenvalue weighted by atomic mass is 16.6. The van der Waals surface area contributed by atoms with Crippen LogP contribution in [0.2, 0.25) is 0 Å². The van der Waals surface area contributed by atoms with E-state index in [2.05, 4.69) is 109 Å². The zero-order chi connectivity index (χ0) is 28.9. The Labute approximate surface area is 245 Å². The van der Waals surface area contributed by atoms with Gasteiger partial charge in [-0.2, -0.15) is 0 Å². The number of para-hydroxylation sites is 1. The summed E-state index contributed by atoms with van der Waals surface area (Å²) in [5.41, 5.74) is 9.89. The average molecular weight is 549 g/mol. The molecule has 0 aliphatic carbocycles. The molecule has 6 aromatic rings. The third kappa shape index (κ3) is 5.68. The fourth-order valence-corrected chi connectivity index (χ4v) is 5.26. The Morgan fingerprint density at radius 2 is 1.02 bits per heavy atom. The van der Waals surface area contributed by atoms with E-state index in [1.807, 2.05) is 42.3 Å².